The lowest BCUT2D eigenvalue weighted by Gasteiger charge is -2.37. The molecule has 5 nitrogen and oxygen atoms in total. The molecule has 2 aromatic heterocycles. The van der Waals surface area contributed by atoms with Crippen LogP contribution in [-0.4, -0.2) is 28.0 Å². The first kappa shape index (κ1) is 12.7. The fourth-order valence-corrected chi connectivity index (χ4v) is 2.52. The average molecular weight is 269 g/mol. The third-order valence-corrected chi connectivity index (χ3v) is 3.84. The Hall–Kier alpha value is -2.30. The summed E-state index contributed by atoms with van der Waals surface area (Å²) in [5.74, 6) is 0.320. The summed E-state index contributed by atoms with van der Waals surface area (Å²) in [4.78, 5) is 24.9. The van der Waals surface area contributed by atoms with Crippen LogP contribution in [0.2, 0.25) is 0 Å². The molecule has 1 fully saturated rings. The molecule has 0 amide bonds. The van der Waals surface area contributed by atoms with Gasteiger partial charge in [0.1, 0.15) is 11.2 Å². The monoisotopic (exact) mass is 269 g/mol. The topological polar surface area (TPSA) is 65.0 Å². The molecule has 0 spiro atoms. The van der Waals surface area contributed by atoms with Gasteiger partial charge in [0.15, 0.2) is 0 Å². The summed E-state index contributed by atoms with van der Waals surface area (Å²) in [6.07, 6.45) is 7.63. The molecular weight excluding hydrogens is 254 g/mol. The standard InChI is InChI=1S/C15H15N3O2/c1-20-14(19)15(6-2-7-15)13-17-10-5-12(18-13)11-3-8-16-9-4-11/h3-5,8-10H,2,6-7H2,1H3. The van der Waals surface area contributed by atoms with Gasteiger partial charge in [0, 0.05) is 24.2 Å². The third-order valence-electron chi connectivity index (χ3n) is 3.84. The van der Waals surface area contributed by atoms with Crippen LogP contribution in [-0.2, 0) is 14.9 Å². The summed E-state index contributed by atoms with van der Waals surface area (Å²) in [6, 6.07) is 5.61. The van der Waals surface area contributed by atoms with Crippen molar-refractivity contribution in [2.75, 3.05) is 7.11 Å². The first-order valence-electron chi connectivity index (χ1n) is 6.59. The quantitative estimate of drug-likeness (QED) is 0.799. The second-order valence-electron chi connectivity index (χ2n) is 4.93. The number of methoxy groups -OCH3 is 1. The summed E-state index contributed by atoms with van der Waals surface area (Å²) >= 11 is 0. The second-order valence-corrected chi connectivity index (χ2v) is 4.93. The van der Waals surface area contributed by atoms with Gasteiger partial charge in [0.05, 0.1) is 12.8 Å². The van der Waals surface area contributed by atoms with E-state index in [2.05, 4.69) is 15.0 Å². The predicted octanol–water partition coefficient (Wildman–Crippen LogP) is 2.13. The van der Waals surface area contributed by atoms with Crippen molar-refractivity contribution in [3.05, 3.63) is 42.6 Å². The minimum atomic E-state index is -0.655. The van der Waals surface area contributed by atoms with E-state index in [9.17, 15) is 4.79 Å². The number of hydrogen-bond donors (Lipinski definition) is 0. The van der Waals surface area contributed by atoms with Gasteiger partial charge >= 0.3 is 5.97 Å². The Labute approximate surface area is 117 Å². The van der Waals surface area contributed by atoms with Crippen LogP contribution in [0.4, 0.5) is 0 Å². The molecule has 20 heavy (non-hydrogen) atoms. The molecule has 2 heterocycles. The number of hydrogen-bond acceptors (Lipinski definition) is 5. The Balaban J connectivity index is 2.01. The molecular formula is C15H15N3O2. The Morgan fingerprint density at radius 2 is 1.95 bits per heavy atom. The first-order valence-corrected chi connectivity index (χ1v) is 6.59. The number of aromatic nitrogens is 3. The van der Waals surface area contributed by atoms with Crippen molar-refractivity contribution < 1.29 is 9.53 Å². The van der Waals surface area contributed by atoms with Crippen molar-refractivity contribution in [1.82, 2.24) is 15.0 Å². The second kappa shape index (κ2) is 5.00. The molecule has 5 heteroatoms. The zero-order valence-electron chi connectivity index (χ0n) is 11.2. The van der Waals surface area contributed by atoms with E-state index in [-0.39, 0.29) is 5.97 Å². The van der Waals surface area contributed by atoms with Gasteiger partial charge in [-0.05, 0) is 31.0 Å². The summed E-state index contributed by atoms with van der Waals surface area (Å²) in [5, 5.41) is 0. The summed E-state index contributed by atoms with van der Waals surface area (Å²) < 4.78 is 4.93. The predicted molar refractivity (Wildman–Crippen MR) is 72.8 cm³/mol. The van der Waals surface area contributed by atoms with Crippen LogP contribution in [0.3, 0.4) is 0 Å². The van der Waals surface area contributed by atoms with Crippen molar-refractivity contribution >= 4 is 5.97 Å². The van der Waals surface area contributed by atoms with Crippen LogP contribution in [0.25, 0.3) is 11.3 Å². The molecule has 3 rings (SSSR count). The highest BCUT2D eigenvalue weighted by Crippen LogP contribution is 2.43. The normalized spacial score (nSPS) is 16.2. The van der Waals surface area contributed by atoms with E-state index in [0.717, 1.165) is 30.5 Å². The van der Waals surface area contributed by atoms with Crippen LogP contribution in [0.5, 0.6) is 0 Å². The Bertz CT molecular complexity index is 624. The van der Waals surface area contributed by atoms with Gasteiger partial charge in [-0.3, -0.25) is 9.78 Å². The maximum absolute atomic E-state index is 12.1. The van der Waals surface area contributed by atoms with Crippen LogP contribution in [0.1, 0.15) is 25.1 Å². The van der Waals surface area contributed by atoms with E-state index in [1.54, 1.807) is 18.6 Å². The fraction of sp³-hybridized carbons (Fsp3) is 0.333. The molecule has 0 aliphatic heterocycles. The third kappa shape index (κ3) is 1.95. The molecule has 0 saturated heterocycles. The van der Waals surface area contributed by atoms with E-state index in [0.29, 0.717) is 5.82 Å². The van der Waals surface area contributed by atoms with Crippen LogP contribution in [0.15, 0.2) is 36.8 Å². The van der Waals surface area contributed by atoms with E-state index < -0.39 is 5.41 Å². The lowest BCUT2D eigenvalue weighted by Crippen LogP contribution is -2.44. The number of esters is 1. The zero-order valence-corrected chi connectivity index (χ0v) is 11.2. The molecule has 0 atom stereocenters. The molecule has 0 aromatic carbocycles. The zero-order chi connectivity index (χ0) is 14.0. The number of ether oxygens (including phenoxy) is 1. The summed E-state index contributed by atoms with van der Waals surface area (Å²) in [7, 11) is 1.41. The van der Waals surface area contributed by atoms with Crippen LogP contribution >= 0.6 is 0 Å². The Morgan fingerprint density at radius 1 is 1.20 bits per heavy atom. The molecule has 0 bridgehead atoms. The molecule has 1 saturated carbocycles. The van der Waals surface area contributed by atoms with E-state index in [1.165, 1.54) is 7.11 Å². The highest BCUT2D eigenvalue weighted by Gasteiger charge is 2.49. The van der Waals surface area contributed by atoms with Crippen molar-refractivity contribution in [2.45, 2.75) is 24.7 Å². The number of carbonyl (C=O) groups excluding carboxylic acids is 1. The maximum atomic E-state index is 12.1. The van der Waals surface area contributed by atoms with Gasteiger partial charge in [0.25, 0.3) is 0 Å². The molecule has 102 valence electrons. The molecule has 2 aromatic rings. The molecule has 0 N–H and O–H groups in total. The summed E-state index contributed by atoms with van der Waals surface area (Å²) in [6.45, 7) is 0. The van der Waals surface area contributed by atoms with E-state index in [1.807, 2.05) is 18.2 Å². The van der Waals surface area contributed by atoms with Crippen molar-refractivity contribution in [3.8, 4) is 11.3 Å². The summed E-state index contributed by atoms with van der Waals surface area (Å²) in [5.41, 5.74) is 1.10. The average Bonchev–Trinajstić information content (AvgIpc) is 2.47. The Kier molecular flexibility index (Phi) is 3.18. The van der Waals surface area contributed by atoms with Crippen LogP contribution in [0, 0.1) is 0 Å². The molecule has 1 aliphatic rings. The van der Waals surface area contributed by atoms with Crippen molar-refractivity contribution in [3.63, 3.8) is 0 Å². The number of pyridine rings is 1. The van der Waals surface area contributed by atoms with Gasteiger partial charge in [-0.15, -0.1) is 0 Å². The van der Waals surface area contributed by atoms with Crippen LogP contribution < -0.4 is 0 Å². The van der Waals surface area contributed by atoms with E-state index in [4.69, 9.17) is 4.74 Å². The number of carbonyl (C=O) groups is 1. The highest BCUT2D eigenvalue weighted by molar-refractivity contribution is 5.83. The molecule has 0 radical (unpaired) electrons. The smallest absolute Gasteiger partial charge is 0.319 e. The fourth-order valence-electron chi connectivity index (χ4n) is 2.52. The van der Waals surface area contributed by atoms with E-state index >= 15 is 0 Å². The Morgan fingerprint density at radius 3 is 2.55 bits per heavy atom. The van der Waals surface area contributed by atoms with Gasteiger partial charge in [-0.2, -0.15) is 0 Å². The maximum Gasteiger partial charge on any atom is 0.319 e. The van der Waals surface area contributed by atoms with Crippen molar-refractivity contribution in [1.29, 1.82) is 0 Å². The molecule has 0 unspecified atom stereocenters. The minimum Gasteiger partial charge on any atom is -0.468 e. The SMILES string of the molecule is COC(=O)C1(c2nccc(-c3ccncc3)n2)CCC1. The van der Waals surface area contributed by atoms with Crippen molar-refractivity contribution in [2.24, 2.45) is 0 Å². The largest absolute Gasteiger partial charge is 0.468 e. The number of nitrogens with zero attached hydrogens (tertiary/aromatic N) is 3. The minimum absolute atomic E-state index is 0.240. The van der Waals surface area contributed by atoms with Gasteiger partial charge in [-0.25, -0.2) is 9.97 Å². The lowest BCUT2D eigenvalue weighted by atomic mass is 9.68. The van der Waals surface area contributed by atoms with Gasteiger partial charge < -0.3 is 4.74 Å². The first-order chi connectivity index (χ1) is 9.76. The van der Waals surface area contributed by atoms with Gasteiger partial charge in [-0.1, -0.05) is 6.42 Å². The van der Waals surface area contributed by atoms with Gasteiger partial charge in [0.2, 0.25) is 0 Å². The number of rotatable bonds is 3. The molecule has 1 aliphatic carbocycles. The highest BCUT2D eigenvalue weighted by atomic mass is 16.5. The lowest BCUT2D eigenvalue weighted by molar-refractivity contribution is -0.151.